The third-order valence-corrected chi connectivity index (χ3v) is 2.25. The molecule has 5 nitrogen and oxygen atoms in total. The number of ether oxygens (including phenoxy) is 1. The van der Waals surface area contributed by atoms with Gasteiger partial charge in [0.25, 0.3) is 0 Å². The van der Waals surface area contributed by atoms with Crippen molar-refractivity contribution < 1.29 is 19.7 Å². The number of hydrogen-bond acceptors (Lipinski definition) is 5. The highest BCUT2D eigenvalue weighted by Crippen LogP contribution is 2.25. The van der Waals surface area contributed by atoms with Crippen molar-refractivity contribution in [1.82, 2.24) is 0 Å². The van der Waals surface area contributed by atoms with E-state index in [1.807, 2.05) is 6.92 Å². The summed E-state index contributed by atoms with van der Waals surface area (Å²) in [4.78, 5) is 11.4. The number of aromatic hydroxyl groups is 2. The van der Waals surface area contributed by atoms with Gasteiger partial charge in [-0.15, -0.1) is 0 Å². The van der Waals surface area contributed by atoms with E-state index in [0.717, 1.165) is 6.42 Å². The van der Waals surface area contributed by atoms with Gasteiger partial charge in [-0.1, -0.05) is 13.0 Å². The molecule has 0 amide bonds. The maximum atomic E-state index is 11.4. The molecule has 0 aliphatic carbocycles. The molecule has 5 heteroatoms. The standard InChI is InChI=1S/C12H17NO4/c1-2-5-17-12(16)9(13)6-8-3-4-10(14)11(15)7-8/h3-4,7,9,14-15H,2,5-6,13H2,1H3/t9-/m0/s1. The number of nitrogens with two attached hydrogens (primary N) is 1. The number of phenols is 2. The van der Waals surface area contributed by atoms with Crippen LogP contribution in [0.25, 0.3) is 0 Å². The van der Waals surface area contributed by atoms with Crippen molar-refractivity contribution in [2.45, 2.75) is 25.8 Å². The summed E-state index contributed by atoms with van der Waals surface area (Å²) in [7, 11) is 0. The molecule has 0 heterocycles. The summed E-state index contributed by atoms with van der Waals surface area (Å²) in [6, 6.07) is 3.57. The Balaban J connectivity index is 2.58. The van der Waals surface area contributed by atoms with E-state index in [4.69, 9.17) is 15.6 Å². The maximum absolute atomic E-state index is 11.4. The fraction of sp³-hybridized carbons (Fsp3) is 0.417. The second-order valence-electron chi connectivity index (χ2n) is 3.80. The first kappa shape index (κ1) is 13.3. The number of rotatable bonds is 5. The maximum Gasteiger partial charge on any atom is 0.323 e. The largest absolute Gasteiger partial charge is 0.504 e. The van der Waals surface area contributed by atoms with E-state index in [1.165, 1.54) is 12.1 Å². The molecule has 0 aromatic heterocycles. The molecule has 0 aliphatic heterocycles. The minimum atomic E-state index is -0.759. The highest BCUT2D eigenvalue weighted by atomic mass is 16.5. The van der Waals surface area contributed by atoms with Gasteiger partial charge in [0.1, 0.15) is 6.04 Å². The van der Waals surface area contributed by atoms with Gasteiger partial charge in [-0.3, -0.25) is 4.79 Å². The lowest BCUT2D eigenvalue weighted by Gasteiger charge is -2.11. The zero-order valence-corrected chi connectivity index (χ0v) is 9.72. The van der Waals surface area contributed by atoms with Crippen LogP contribution in [0.1, 0.15) is 18.9 Å². The molecule has 0 fully saturated rings. The van der Waals surface area contributed by atoms with Gasteiger partial charge in [0.05, 0.1) is 6.61 Å². The second-order valence-corrected chi connectivity index (χ2v) is 3.80. The Morgan fingerprint density at radius 2 is 2.12 bits per heavy atom. The lowest BCUT2D eigenvalue weighted by atomic mass is 10.1. The molecule has 4 N–H and O–H groups in total. The Hall–Kier alpha value is -1.75. The molecular weight excluding hydrogens is 222 g/mol. The number of phenolic OH excluding ortho intramolecular Hbond substituents is 2. The number of carbonyl (C=O) groups is 1. The monoisotopic (exact) mass is 239 g/mol. The van der Waals surface area contributed by atoms with Gasteiger partial charge in [0.2, 0.25) is 0 Å². The van der Waals surface area contributed by atoms with E-state index in [9.17, 15) is 9.90 Å². The van der Waals surface area contributed by atoms with Crippen molar-refractivity contribution in [3.63, 3.8) is 0 Å². The van der Waals surface area contributed by atoms with Gasteiger partial charge in [-0.05, 0) is 30.5 Å². The Morgan fingerprint density at radius 1 is 1.41 bits per heavy atom. The molecule has 0 bridgehead atoms. The molecule has 1 aromatic carbocycles. The first-order chi connectivity index (χ1) is 8.04. The van der Waals surface area contributed by atoms with Crippen LogP contribution < -0.4 is 5.73 Å². The Kier molecular flexibility index (Phi) is 4.78. The van der Waals surface area contributed by atoms with Crippen LogP contribution in [0.4, 0.5) is 0 Å². The Labute approximate surface area is 99.8 Å². The Morgan fingerprint density at radius 3 is 2.71 bits per heavy atom. The van der Waals surface area contributed by atoms with Gasteiger partial charge < -0.3 is 20.7 Å². The Bertz CT molecular complexity index is 392. The lowest BCUT2D eigenvalue weighted by Crippen LogP contribution is -2.34. The highest BCUT2D eigenvalue weighted by molar-refractivity contribution is 5.75. The highest BCUT2D eigenvalue weighted by Gasteiger charge is 2.15. The molecule has 0 aliphatic rings. The van der Waals surface area contributed by atoms with Gasteiger partial charge in [0, 0.05) is 0 Å². The normalized spacial score (nSPS) is 12.1. The summed E-state index contributed by atoms with van der Waals surface area (Å²) in [5, 5.41) is 18.4. The SMILES string of the molecule is CCCOC(=O)[C@@H](N)Cc1ccc(O)c(O)c1. The summed E-state index contributed by atoms with van der Waals surface area (Å²) in [6.07, 6.45) is 1.01. The second kappa shape index (κ2) is 6.10. The van der Waals surface area contributed by atoms with Gasteiger partial charge in [0.15, 0.2) is 11.5 Å². The molecule has 0 saturated heterocycles. The van der Waals surface area contributed by atoms with Crippen LogP contribution in [0.2, 0.25) is 0 Å². The van der Waals surface area contributed by atoms with E-state index in [0.29, 0.717) is 12.2 Å². The van der Waals surface area contributed by atoms with E-state index in [-0.39, 0.29) is 17.9 Å². The fourth-order valence-electron chi connectivity index (χ4n) is 1.34. The predicted molar refractivity (Wildman–Crippen MR) is 62.7 cm³/mol. The third-order valence-electron chi connectivity index (χ3n) is 2.25. The molecule has 0 radical (unpaired) electrons. The molecule has 1 rings (SSSR count). The molecular formula is C12H17NO4. The molecule has 17 heavy (non-hydrogen) atoms. The molecule has 1 atom stereocenters. The molecule has 0 unspecified atom stereocenters. The number of esters is 1. The third kappa shape index (κ3) is 3.96. The minimum Gasteiger partial charge on any atom is -0.504 e. The van der Waals surface area contributed by atoms with Crippen LogP contribution in [0.5, 0.6) is 11.5 Å². The first-order valence-corrected chi connectivity index (χ1v) is 5.47. The van der Waals surface area contributed by atoms with Crippen LogP contribution in [0.15, 0.2) is 18.2 Å². The average molecular weight is 239 g/mol. The zero-order chi connectivity index (χ0) is 12.8. The van der Waals surface area contributed by atoms with Gasteiger partial charge >= 0.3 is 5.97 Å². The van der Waals surface area contributed by atoms with Crippen LogP contribution in [-0.2, 0) is 16.0 Å². The van der Waals surface area contributed by atoms with Crippen molar-refractivity contribution in [1.29, 1.82) is 0 Å². The zero-order valence-electron chi connectivity index (χ0n) is 9.72. The van der Waals surface area contributed by atoms with Crippen molar-refractivity contribution in [2.75, 3.05) is 6.61 Å². The fourth-order valence-corrected chi connectivity index (χ4v) is 1.34. The average Bonchev–Trinajstić information content (AvgIpc) is 2.30. The minimum absolute atomic E-state index is 0.198. The summed E-state index contributed by atoms with van der Waals surface area (Å²) < 4.78 is 4.90. The van der Waals surface area contributed by atoms with Crippen LogP contribution in [-0.4, -0.2) is 28.8 Å². The van der Waals surface area contributed by atoms with E-state index in [2.05, 4.69) is 0 Å². The number of hydrogen-bond donors (Lipinski definition) is 3. The molecule has 0 spiro atoms. The smallest absolute Gasteiger partial charge is 0.323 e. The summed E-state index contributed by atoms with van der Waals surface area (Å²) in [5.74, 6) is -0.882. The molecule has 94 valence electrons. The lowest BCUT2D eigenvalue weighted by molar-refractivity contribution is -0.145. The van der Waals surface area contributed by atoms with Gasteiger partial charge in [-0.2, -0.15) is 0 Å². The van der Waals surface area contributed by atoms with E-state index in [1.54, 1.807) is 6.07 Å². The van der Waals surface area contributed by atoms with Crippen LogP contribution >= 0.6 is 0 Å². The van der Waals surface area contributed by atoms with Crippen molar-refractivity contribution in [3.8, 4) is 11.5 Å². The predicted octanol–water partition coefficient (Wildman–Crippen LogP) is 0.921. The quantitative estimate of drug-likeness (QED) is 0.525. The van der Waals surface area contributed by atoms with Gasteiger partial charge in [-0.25, -0.2) is 0 Å². The van der Waals surface area contributed by atoms with Crippen molar-refractivity contribution in [3.05, 3.63) is 23.8 Å². The van der Waals surface area contributed by atoms with Crippen LogP contribution in [0.3, 0.4) is 0 Å². The number of carbonyl (C=O) groups excluding carboxylic acids is 1. The summed E-state index contributed by atoms with van der Waals surface area (Å²) in [6.45, 7) is 2.25. The molecule has 0 saturated carbocycles. The first-order valence-electron chi connectivity index (χ1n) is 5.47. The van der Waals surface area contributed by atoms with Crippen LogP contribution in [0, 0.1) is 0 Å². The van der Waals surface area contributed by atoms with Crippen molar-refractivity contribution >= 4 is 5.97 Å². The van der Waals surface area contributed by atoms with Crippen molar-refractivity contribution in [2.24, 2.45) is 5.73 Å². The summed E-state index contributed by atoms with van der Waals surface area (Å²) >= 11 is 0. The summed E-state index contributed by atoms with van der Waals surface area (Å²) in [5.41, 5.74) is 6.33. The number of benzene rings is 1. The topological polar surface area (TPSA) is 92.8 Å². The molecule has 1 aromatic rings. The van der Waals surface area contributed by atoms with E-state index >= 15 is 0 Å². The van der Waals surface area contributed by atoms with E-state index < -0.39 is 12.0 Å².